The molecule has 0 spiro atoms. The lowest BCUT2D eigenvalue weighted by molar-refractivity contribution is -0.121. The van der Waals surface area contributed by atoms with Crippen LogP contribution in [0.2, 0.25) is 10.0 Å². The summed E-state index contributed by atoms with van der Waals surface area (Å²) in [4.78, 5) is 24.5. The van der Waals surface area contributed by atoms with Crippen molar-refractivity contribution in [3.63, 3.8) is 0 Å². The predicted octanol–water partition coefficient (Wildman–Crippen LogP) is 8.37. The summed E-state index contributed by atoms with van der Waals surface area (Å²) in [7, 11) is 1.47. The van der Waals surface area contributed by atoms with Crippen LogP contribution in [-0.4, -0.2) is 25.2 Å². The second kappa shape index (κ2) is 17.8. The number of hydrogen-bond donors (Lipinski definition) is 1. The van der Waals surface area contributed by atoms with Crippen molar-refractivity contribution >= 4 is 41.3 Å². The standard InChI is InChI=1S/C29H38Cl2N2O4/c1-3-4-5-6-7-8-9-10-11-12-13-14-28(34)33-32-21-22-15-18-26(27(19-22)36-2)37-29(35)23-16-17-24(30)25(31)20-23/h15-21H,3-14H2,1-2H3,(H,33,34)/b32-21+. The third-order valence-corrected chi connectivity index (χ3v) is 6.69. The molecule has 202 valence electrons. The second-order valence-electron chi connectivity index (χ2n) is 9.01. The van der Waals surface area contributed by atoms with Crippen LogP contribution in [-0.2, 0) is 4.79 Å². The summed E-state index contributed by atoms with van der Waals surface area (Å²) >= 11 is 11.9. The first-order chi connectivity index (χ1) is 17.9. The van der Waals surface area contributed by atoms with Gasteiger partial charge in [0.05, 0.1) is 28.9 Å². The second-order valence-corrected chi connectivity index (χ2v) is 9.82. The maximum Gasteiger partial charge on any atom is 0.343 e. The fourth-order valence-corrected chi connectivity index (χ4v) is 4.11. The van der Waals surface area contributed by atoms with E-state index in [1.807, 2.05) is 0 Å². The Morgan fingerprint density at radius 2 is 1.49 bits per heavy atom. The van der Waals surface area contributed by atoms with E-state index < -0.39 is 5.97 Å². The van der Waals surface area contributed by atoms with Gasteiger partial charge in [-0.1, -0.05) is 94.3 Å². The topological polar surface area (TPSA) is 77.0 Å². The van der Waals surface area contributed by atoms with E-state index in [1.165, 1.54) is 89.3 Å². The summed E-state index contributed by atoms with van der Waals surface area (Å²) in [5.74, 6) is -0.0971. The Balaban J connectivity index is 1.69. The largest absolute Gasteiger partial charge is 0.493 e. The first-order valence-electron chi connectivity index (χ1n) is 13.1. The molecule has 0 aliphatic carbocycles. The van der Waals surface area contributed by atoms with Crippen molar-refractivity contribution in [3.8, 4) is 11.5 Å². The molecule has 8 heteroatoms. The maximum absolute atomic E-state index is 12.4. The molecule has 1 N–H and O–H groups in total. The van der Waals surface area contributed by atoms with E-state index in [0.29, 0.717) is 22.8 Å². The summed E-state index contributed by atoms with van der Waals surface area (Å²) in [6.45, 7) is 2.24. The minimum absolute atomic E-state index is 0.105. The molecule has 0 atom stereocenters. The first-order valence-corrected chi connectivity index (χ1v) is 13.9. The van der Waals surface area contributed by atoms with Crippen molar-refractivity contribution in [1.29, 1.82) is 0 Å². The van der Waals surface area contributed by atoms with Crippen molar-refractivity contribution in [2.24, 2.45) is 5.10 Å². The number of hydrogen-bond acceptors (Lipinski definition) is 5. The van der Waals surface area contributed by atoms with Gasteiger partial charge in [-0.15, -0.1) is 0 Å². The number of rotatable bonds is 17. The third-order valence-electron chi connectivity index (χ3n) is 5.96. The molecule has 0 aliphatic heterocycles. The number of carbonyl (C=O) groups is 2. The van der Waals surface area contributed by atoms with E-state index in [0.717, 1.165) is 12.8 Å². The molecule has 0 aliphatic rings. The minimum atomic E-state index is -0.590. The van der Waals surface area contributed by atoms with Crippen LogP contribution in [0.5, 0.6) is 11.5 Å². The lowest BCUT2D eigenvalue weighted by Gasteiger charge is -2.10. The van der Waals surface area contributed by atoms with Gasteiger partial charge in [-0.2, -0.15) is 5.10 Å². The van der Waals surface area contributed by atoms with Gasteiger partial charge in [-0.3, -0.25) is 4.79 Å². The molecule has 0 unspecified atom stereocenters. The van der Waals surface area contributed by atoms with Gasteiger partial charge in [0.25, 0.3) is 0 Å². The smallest absolute Gasteiger partial charge is 0.343 e. The van der Waals surface area contributed by atoms with Crippen molar-refractivity contribution in [3.05, 3.63) is 57.6 Å². The average molecular weight is 550 g/mol. The van der Waals surface area contributed by atoms with E-state index >= 15 is 0 Å². The van der Waals surface area contributed by atoms with Gasteiger partial charge in [0.15, 0.2) is 11.5 Å². The highest BCUT2D eigenvalue weighted by Gasteiger charge is 2.14. The monoisotopic (exact) mass is 548 g/mol. The van der Waals surface area contributed by atoms with Crippen LogP contribution in [0.1, 0.15) is 99.9 Å². The fraction of sp³-hybridized carbons (Fsp3) is 0.483. The van der Waals surface area contributed by atoms with Crippen molar-refractivity contribution < 1.29 is 19.1 Å². The van der Waals surface area contributed by atoms with E-state index in [9.17, 15) is 9.59 Å². The molecule has 6 nitrogen and oxygen atoms in total. The molecule has 0 saturated heterocycles. The van der Waals surface area contributed by atoms with Crippen LogP contribution in [0.15, 0.2) is 41.5 Å². The molecule has 0 aromatic heterocycles. The number of ether oxygens (including phenoxy) is 2. The maximum atomic E-state index is 12.4. The van der Waals surface area contributed by atoms with Crippen molar-refractivity contribution in [1.82, 2.24) is 5.43 Å². The summed E-state index contributed by atoms with van der Waals surface area (Å²) < 4.78 is 10.8. The molecule has 2 rings (SSSR count). The van der Waals surface area contributed by atoms with Crippen molar-refractivity contribution in [2.45, 2.75) is 84.0 Å². The van der Waals surface area contributed by atoms with E-state index in [1.54, 1.807) is 18.2 Å². The summed E-state index contributed by atoms with van der Waals surface area (Å²) in [6.07, 6.45) is 15.7. The number of amides is 1. The molecule has 0 bridgehead atoms. The Morgan fingerprint density at radius 3 is 2.11 bits per heavy atom. The SMILES string of the molecule is CCCCCCCCCCCCCC(=O)N/N=C/c1ccc(OC(=O)c2ccc(Cl)c(Cl)c2)c(OC)c1. The Hall–Kier alpha value is -2.57. The lowest BCUT2D eigenvalue weighted by atomic mass is 10.1. The Kier molecular flexibility index (Phi) is 14.8. The van der Waals surface area contributed by atoms with E-state index in [-0.39, 0.29) is 22.2 Å². The highest BCUT2D eigenvalue weighted by atomic mass is 35.5. The highest BCUT2D eigenvalue weighted by Crippen LogP contribution is 2.29. The van der Waals surface area contributed by atoms with Crippen LogP contribution in [0.3, 0.4) is 0 Å². The van der Waals surface area contributed by atoms with Gasteiger partial charge < -0.3 is 9.47 Å². The highest BCUT2D eigenvalue weighted by molar-refractivity contribution is 6.42. The van der Waals surface area contributed by atoms with E-state index in [2.05, 4.69) is 17.5 Å². The Labute approximate surface area is 230 Å². The van der Waals surface area contributed by atoms with Gasteiger partial charge in [-0.05, 0) is 48.4 Å². The lowest BCUT2D eigenvalue weighted by Crippen LogP contribution is -2.16. The summed E-state index contributed by atoms with van der Waals surface area (Å²) in [5, 5.41) is 4.64. The zero-order chi connectivity index (χ0) is 26.9. The van der Waals surface area contributed by atoms with Gasteiger partial charge in [-0.25, -0.2) is 10.2 Å². The molecule has 0 heterocycles. The number of unbranched alkanes of at least 4 members (excludes halogenated alkanes) is 10. The van der Waals surface area contributed by atoms with Gasteiger partial charge in [0, 0.05) is 6.42 Å². The van der Waals surface area contributed by atoms with Crippen LogP contribution in [0.25, 0.3) is 0 Å². The summed E-state index contributed by atoms with van der Waals surface area (Å²) in [6, 6.07) is 9.48. The molecule has 2 aromatic carbocycles. The van der Waals surface area contributed by atoms with Crippen molar-refractivity contribution in [2.75, 3.05) is 7.11 Å². The van der Waals surface area contributed by atoms with Gasteiger partial charge >= 0.3 is 5.97 Å². The van der Waals surface area contributed by atoms with Crippen LogP contribution >= 0.6 is 23.2 Å². The predicted molar refractivity (Wildman–Crippen MR) is 151 cm³/mol. The number of hydrazone groups is 1. The zero-order valence-corrected chi connectivity index (χ0v) is 23.4. The first kappa shape index (κ1) is 30.7. The third kappa shape index (κ3) is 12.0. The number of esters is 1. The number of benzene rings is 2. The number of nitrogens with zero attached hydrogens (tertiary/aromatic N) is 1. The molecule has 0 fully saturated rings. The fourth-order valence-electron chi connectivity index (χ4n) is 3.82. The number of methoxy groups -OCH3 is 1. The van der Waals surface area contributed by atoms with E-state index in [4.69, 9.17) is 32.7 Å². The van der Waals surface area contributed by atoms with Gasteiger partial charge in [0.1, 0.15) is 0 Å². The molecular weight excluding hydrogens is 511 g/mol. The normalized spacial score (nSPS) is 11.0. The van der Waals surface area contributed by atoms with Gasteiger partial charge in [0.2, 0.25) is 5.91 Å². The number of carbonyl (C=O) groups excluding carboxylic acids is 2. The molecular formula is C29H38Cl2N2O4. The quantitative estimate of drug-likeness (QED) is 0.0707. The minimum Gasteiger partial charge on any atom is -0.493 e. The van der Waals surface area contributed by atoms with Crippen LogP contribution < -0.4 is 14.9 Å². The molecule has 2 aromatic rings. The molecule has 1 amide bonds. The van der Waals surface area contributed by atoms with Crippen LogP contribution in [0.4, 0.5) is 0 Å². The Bertz CT molecular complexity index is 1030. The van der Waals surface area contributed by atoms with Crippen LogP contribution in [0, 0.1) is 0 Å². The molecule has 0 radical (unpaired) electrons. The summed E-state index contributed by atoms with van der Waals surface area (Å²) in [5.41, 5.74) is 3.51. The Morgan fingerprint density at radius 1 is 0.838 bits per heavy atom. The molecule has 0 saturated carbocycles. The number of nitrogens with one attached hydrogen (secondary N) is 1. The number of halogens is 2. The molecule has 37 heavy (non-hydrogen) atoms. The zero-order valence-electron chi connectivity index (χ0n) is 21.9. The average Bonchev–Trinajstić information content (AvgIpc) is 2.89.